The van der Waals surface area contributed by atoms with Crippen molar-refractivity contribution in [2.75, 3.05) is 50.2 Å². The number of alkyl halides is 3. The molecule has 0 unspecified atom stereocenters. The minimum atomic E-state index is -4.95. The first-order valence-electron chi connectivity index (χ1n) is 12.5. The number of halogens is 4. The summed E-state index contributed by atoms with van der Waals surface area (Å²) in [5.74, 6) is -3.03. The average molecular weight is 621 g/mol. The maximum Gasteiger partial charge on any atom is 0.404 e. The van der Waals surface area contributed by atoms with Crippen LogP contribution in [0.2, 0.25) is 5.02 Å². The van der Waals surface area contributed by atoms with Crippen molar-refractivity contribution in [3.63, 3.8) is 0 Å². The fourth-order valence-corrected chi connectivity index (χ4v) is 6.17. The van der Waals surface area contributed by atoms with Crippen LogP contribution in [0.1, 0.15) is 24.2 Å². The van der Waals surface area contributed by atoms with Crippen LogP contribution in [0.3, 0.4) is 0 Å². The molecule has 2 aromatic rings. The minimum absolute atomic E-state index is 0.00000152. The van der Waals surface area contributed by atoms with E-state index in [-0.39, 0.29) is 36.7 Å². The van der Waals surface area contributed by atoms with Crippen LogP contribution in [-0.2, 0) is 14.8 Å². The quantitative estimate of drug-likeness (QED) is 0.501. The monoisotopic (exact) mass is 620 g/mol. The average Bonchev–Trinajstić information content (AvgIpc) is 2.87. The highest BCUT2D eigenvalue weighted by molar-refractivity contribution is 7.89. The first-order chi connectivity index (χ1) is 19.1. The third kappa shape index (κ3) is 8.71. The van der Waals surface area contributed by atoms with Crippen molar-refractivity contribution in [3.8, 4) is 5.75 Å². The minimum Gasteiger partial charge on any atom is -0.491 e. The van der Waals surface area contributed by atoms with Crippen LogP contribution in [0.15, 0.2) is 42.5 Å². The number of anilines is 2. The van der Waals surface area contributed by atoms with Crippen LogP contribution in [-0.4, -0.2) is 87.5 Å². The van der Waals surface area contributed by atoms with Gasteiger partial charge in [-0.3, -0.25) is 4.79 Å². The summed E-state index contributed by atoms with van der Waals surface area (Å²) >= 11 is 6.08. The molecule has 0 saturated carbocycles. The van der Waals surface area contributed by atoms with E-state index >= 15 is 0 Å². The largest absolute Gasteiger partial charge is 0.491 e. The van der Waals surface area contributed by atoms with Crippen LogP contribution in [0.25, 0.3) is 0 Å². The lowest BCUT2D eigenvalue weighted by Gasteiger charge is -2.35. The standard InChI is InChI=1S/C26H32ClF3N4O6S/c1-16-12-34(41(37,38)15-26(28,29)30)17(2)14-40-22-11-18(31-25(36)32-21-8-6-5-7-20(21)27)9-10-19(22)24(35)33(3)13-23(16)39-4/h5-11,16-17,23H,12-15H2,1-4H3,(H2,31,32,36)/t16-,17-,23-/m1/s1. The highest BCUT2D eigenvalue weighted by atomic mass is 35.5. The molecule has 2 aromatic carbocycles. The maximum absolute atomic E-state index is 13.3. The SMILES string of the molecule is CO[C@@H]1CN(C)C(=O)c2ccc(NC(=O)Nc3ccccc3Cl)cc2OC[C@@H](C)N(S(=O)(=O)CC(F)(F)F)C[C@H]1C. The summed E-state index contributed by atoms with van der Waals surface area (Å²) in [7, 11) is -1.89. The zero-order valence-electron chi connectivity index (χ0n) is 22.9. The van der Waals surface area contributed by atoms with Crippen LogP contribution in [0.5, 0.6) is 5.75 Å². The smallest absolute Gasteiger partial charge is 0.404 e. The number of rotatable bonds is 5. The fourth-order valence-electron chi connectivity index (χ4n) is 4.34. The van der Waals surface area contributed by atoms with Gasteiger partial charge >= 0.3 is 12.2 Å². The van der Waals surface area contributed by atoms with E-state index in [9.17, 15) is 31.2 Å². The van der Waals surface area contributed by atoms with Crippen molar-refractivity contribution < 1.29 is 40.7 Å². The van der Waals surface area contributed by atoms with Crippen molar-refractivity contribution in [1.82, 2.24) is 9.21 Å². The summed E-state index contributed by atoms with van der Waals surface area (Å²) < 4.78 is 77.3. The van der Waals surface area contributed by atoms with Crippen molar-refractivity contribution in [3.05, 3.63) is 53.1 Å². The van der Waals surface area contributed by atoms with Crippen molar-refractivity contribution in [2.24, 2.45) is 5.92 Å². The molecule has 0 aromatic heterocycles. The molecule has 1 aliphatic rings. The number of amides is 3. The van der Waals surface area contributed by atoms with Gasteiger partial charge in [0.1, 0.15) is 12.4 Å². The van der Waals surface area contributed by atoms with Crippen molar-refractivity contribution >= 4 is 44.9 Å². The number of hydrogen-bond donors (Lipinski definition) is 2. The Balaban J connectivity index is 1.95. The Morgan fingerprint density at radius 3 is 2.46 bits per heavy atom. The second-order valence-electron chi connectivity index (χ2n) is 9.81. The number of carbonyl (C=O) groups excluding carboxylic acids is 2. The van der Waals surface area contributed by atoms with E-state index in [0.29, 0.717) is 10.7 Å². The molecule has 2 N–H and O–H groups in total. The van der Waals surface area contributed by atoms with Gasteiger partial charge in [0.2, 0.25) is 10.0 Å². The van der Waals surface area contributed by atoms with E-state index in [2.05, 4.69) is 10.6 Å². The summed E-state index contributed by atoms with van der Waals surface area (Å²) in [6, 6.07) is 9.20. The van der Waals surface area contributed by atoms with Gasteiger partial charge in [-0.05, 0) is 37.1 Å². The number of carbonyl (C=O) groups is 2. The Labute approximate surface area is 241 Å². The predicted molar refractivity (Wildman–Crippen MR) is 149 cm³/mol. The molecular formula is C26H32ClF3N4O6S. The van der Waals surface area contributed by atoms with E-state index in [0.717, 1.165) is 4.31 Å². The molecule has 0 aliphatic carbocycles. The van der Waals surface area contributed by atoms with Gasteiger partial charge in [-0.15, -0.1) is 0 Å². The van der Waals surface area contributed by atoms with Gasteiger partial charge in [-0.1, -0.05) is 30.7 Å². The number of sulfonamides is 1. The summed E-state index contributed by atoms with van der Waals surface area (Å²) in [6.07, 6.45) is -5.63. The zero-order chi connectivity index (χ0) is 30.5. The van der Waals surface area contributed by atoms with Gasteiger partial charge < -0.3 is 25.0 Å². The van der Waals surface area contributed by atoms with E-state index in [4.69, 9.17) is 21.1 Å². The third-order valence-corrected chi connectivity index (χ3v) is 8.72. The molecule has 41 heavy (non-hydrogen) atoms. The Morgan fingerprint density at radius 1 is 1.15 bits per heavy atom. The van der Waals surface area contributed by atoms with Gasteiger partial charge in [0.05, 0.1) is 28.4 Å². The molecule has 1 aliphatic heterocycles. The number of ether oxygens (including phenoxy) is 2. The Kier molecular flexibility index (Phi) is 10.5. The third-order valence-electron chi connectivity index (χ3n) is 6.47. The number of methoxy groups -OCH3 is 1. The highest BCUT2D eigenvalue weighted by Gasteiger charge is 2.41. The number of para-hydroxylation sites is 1. The van der Waals surface area contributed by atoms with E-state index < -0.39 is 52.0 Å². The molecule has 3 amide bonds. The van der Waals surface area contributed by atoms with Gasteiger partial charge in [0.25, 0.3) is 5.91 Å². The molecule has 0 radical (unpaired) electrons. The summed E-state index contributed by atoms with van der Waals surface area (Å²) in [5.41, 5.74) is 0.694. The van der Waals surface area contributed by atoms with Gasteiger partial charge in [0, 0.05) is 39.0 Å². The highest BCUT2D eigenvalue weighted by Crippen LogP contribution is 2.29. The molecule has 10 nitrogen and oxygen atoms in total. The molecule has 0 fully saturated rings. The summed E-state index contributed by atoms with van der Waals surface area (Å²) in [5, 5.41) is 5.52. The first kappa shape index (κ1) is 32.4. The number of nitrogens with zero attached hydrogens (tertiary/aromatic N) is 2. The van der Waals surface area contributed by atoms with Gasteiger partial charge in [-0.2, -0.15) is 17.5 Å². The van der Waals surface area contributed by atoms with Gasteiger partial charge in [-0.25, -0.2) is 13.2 Å². The molecule has 3 rings (SSSR count). The molecule has 1 heterocycles. The lowest BCUT2D eigenvalue weighted by molar-refractivity contribution is -0.107. The summed E-state index contributed by atoms with van der Waals surface area (Å²) in [6.45, 7) is 2.42. The number of nitrogens with one attached hydrogen (secondary N) is 2. The second kappa shape index (κ2) is 13.3. The Hall–Kier alpha value is -3.07. The van der Waals surface area contributed by atoms with E-state index in [1.807, 2.05) is 0 Å². The predicted octanol–water partition coefficient (Wildman–Crippen LogP) is 4.68. The normalized spacial score (nSPS) is 21.2. The zero-order valence-corrected chi connectivity index (χ0v) is 24.4. The van der Waals surface area contributed by atoms with E-state index in [1.54, 1.807) is 31.2 Å². The van der Waals surface area contributed by atoms with E-state index in [1.165, 1.54) is 44.2 Å². The van der Waals surface area contributed by atoms with Crippen LogP contribution >= 0.6 is 11.6 Å². The fraction of sp³-hybridized carbons (Fsp3) is 0.462. The second-order valence-corrected chi connectivity index (χ2v) is 12.1. The van der Waals surface area contributed by atoms with Crippen molar-refractivity contribution in [2.45, 2.75) is 32.2 Å². The Bertz CT molecular complexity index is 1360. The molecule has 3 atom stereocenters. The molecule has 0 saturated heterocycles. The number of likely N-dealkylation sites (N-methyl/N-ethyl adjacent to an activating group) is 1. The van der Waals surface area contributed by atoms with Gasteiger partial charge in [0.15, 0.2) is 5.75 Å². The van der Waals surface area contributed by atoms with Crippen LogP contribution in [0, 0.1) is 5.92 Å². The topological polar surface area (TPSA) is 117 Å². The maximum atomic E-state index is 13.3. The lowest BCUT2D eigenvalue weighted by atomic mass is 10.0. The first-order valence-corrected chi connectivity index (χ1v) is 14.5. The van der Waals surface area contributed by atoms with Crippen molar-refractivity contribution in [1.29, 1.82) is 0 Å². The van der Waals surface area contributed by atoms with Crippen LogP contribution in [0.4, 0.5) is 29.3 Å². The molecule has 0 bridgehead atoms. The van der Waals surface area contributed by atoms with Crippen LogP contribution < -0.4 is 15.4 Å². The number of hydrogen-bond acceptors (Lipinski definition) is 6. The molecular weight excluding hydrogens is 589 g/mol. The molecule has 15 heteroatoms. The molecule has 226 valence electrons. The Morgan fingerprint density at radius 2 is 1.83 bits per heavy atom. The molecule has 0 spiro atoms. The summed E-state index contributed by atoms with van der Waals surface area (Å²) in [4.78, 5) is 27.3. The number of urea groups is 1. The number of benzene rings is 2. The number of fused-ring (bicyclic) bond motifs is 1. The lowest BCUT2D eigenvalue weighted by Crippen LogP contribution is -2.50.